The van der Waals surface area contributed by atoms with E-state index in [1.807, 2.05) is 12.1 Å². The van der Waals surface area contributed by atoms with Gasteiger partial charge in [-0.05, 0) is 49.9 Å². The van der Waals surface area contributed by atoms with E-state index >= 15 is 0 Å². The lowest BCUT2D eigenvalue weighted by molar-refractivity contribution is -0.147. The maximum Gasteiger partial charge on any atom is 0.314 e. The fourth-order valence-corrected chi connectivity index (χ4v) is 3.45. The van der Waals surface area contributed by atoms with Crippen molar-refractivity contribution in [3.05, 3.63) is 35.4 Å². The number of carboxylic acids is 1. The van der Waals surface area contributed by atoms with Gasteiger partial charge in [-0.15, -0.1) is 0 Å². The Hall–Kier alpha value is -1.35. The lowest BCUT2D eigenvalue weighted by Gasteiger charge is -2.38. The predicted octanol–water partition coefficient (Wildman–Crippen LogP) is 2.61. The number of likely N-dealkylation sites (tertiary alicyclic amines) is 1. The van der Waals surface area contributed by atoms with Crippen molar-refractivity contribution in [2.75, 3.05) is 20.1 Å². The molecule has 3 rings (SSSR count). The highest BCUT2D eigenvalue weighted by molar-refractivity contribution is 5.82. The SMILES string of the molecule is CN1CCC(c2cccc(C3(C(=O)O)CCC3)c2)C1. The molecule has 1 aromatic rings. The molecule has 1 unspecified atom stereocenters. The molecule has 19 heavy (non-hydrogen) atoms. The van der Waals surface area contributed by atoms with Crippen molar-refractivity contribution < 1.29 is 9.90 Å². The average Bonchev–Trinajstić information content (AvgIpc) is 2.74. The van der Waals surface area contributed by atoms with Gasteiger partial charge in [0.1, 0.15) is 0 Å². The van der Waals surface area contributed by atoms with Gasteiger partial charge in [-0.1, -0.05) is 30.7 Å². The average molecular weight is 259 g/mol. The summed E-state index contributed by atoms with van der Waals surface area (Å²) in [5.41, 5.74) is 1.73. The van der Waals surface area contributed by atoms with E-state index in [1.54, 1.807) is 0 Å². The molecule has 1 aliphatic carbocycles. The molecule has 0 amide bonds. The highest BCUT2D eigenvalue weighted by atomic mass is 16.4. The molecule has 1 atom stereocenters. The molecular formula is C16H21NO2. The highest BCUT2D eigenvalue weighted by Gasteiger charge is 2.46. The Bertz CT molecular complexity index is 493. The van der Waals surface area contributed by atoms with Crippen LogP contribution in [0.2, 0.25) is 0 Å². The van der Waals surface area contributed by atoms with Gasteiger partial charge in [-0.3, -0.25) is 4.79 Å². The molecule has 1 N–H and O–H groups in total. The Kier molecular flexibility index (Phi) is 3.09. The quantitative estimate of drug-likeness (QED) is 0.907. The maximum atomic E-state index is 11.6. The zero-order chi connectivity index (χ0) is 13.5. The summed E-state index contributed by atoms with van der Waals surface area (Å²) in [6.07, 6.45) is 3.79. The minimum absolute atomic E-state index is 0.566. The highest BCUT2D eigenvalue weighted by Crippen LogP contribution is 2.44. The number of likely N-dealkylation sites (N-methyl/N-ethyl adjacent to an activating group) is 1. The van der Waals surface area contributed by atoms with E-state index in [2.05, 4.69) is 24.1 Å². The van der Waals surface area contributed by atoms with Gasteiger partial charge in [0.25, 0.3) is 0 Å². The van der Waals surface area contributed by atoms with Gasteiger partial charge in [-0.2, -0.15) is 0 Å². The van der Waals surface area contributed by atoms with Crippen LogP contribution in [0.1, 0.15) is 42.7 Å². The normalized spacial score (nSPS) is 26.1. The molecule has 0 radical (unpaired) electrons. The van der Waals surface area contributed by atoms with Crippen molar-refractivity contribution in [1.29, 1.82) is 0 Å². The summed E-state index contributed by atoms with van der Waals surface area (Å²) in [7, 11) is 2.15. The van der Waals surface area contributed by atoms with Crippen molar-refractivity contribution in [2.24, 2.45) is 0 Å². The number of aliphatic carboxylic acids is 1. The maximum absolute atomic E-state index is 11.6. The number of carbonyl (C=O) groups is 1. The molecule has 0 spiro atoms. The van der Waals surface area contributed by atoms with Gasteiger partial charge in [0.2, 0.25) is 0 Å². The molecule has 1 aromatic carbocycles. The van der Waals surface area contributed by atoms with E-state index in [0.29, 0.717) is 5.92 Å². The van der Waals surface area contributed by atoms with E-state index in [4.69, 9.17) is 0 Å². The van der Waals surface area contributed by atoms with Gasteiger partial charge in [0, 0.05) is 6.54 Å². The third-order valence-electron chi connectivity index (χ3n) is 4.92. The Morgan fingerprint density at radius 2 is 2.21 bits per heavy atom. The van der Waals surface area contributed by atoms with Crippen LogP contribution in [0.5, 0.6) is 0 Å². The molecule has 102 valence electrons. The molecule has 0 bridgehead atoms. The van der Waals surface area contributed by atoms with Crippen molar-refractivity contribution in [2.45, 2.75) is 37.0 Å². The third kappa shape index (κ3) is 2.06. The van der Waals surface area contributed by atoms with Crippen molar-refractivity contribution in [1.82, 2.24) is 4.90 Å². The van der Waals surface area contributed by atoms with Gasteiger partial charge in [0.05, 0.1) is 5.41 Å². The van der Waals surface area contributed by atoms with Crippen molar-refractivity contribution >= 4 is 5.97 Å². The Balaban J connectivity index is 1.90. The Morgan fingerprint density at radius 1 is 1.42 bits per heavy atom. The number of hydrogen-bond acceptors (Lipinski definition) is 2. The molecule has 1 heterocycles. The van der Waals surface area contributed by atoms with Gasteiger partial charge in [-0.25, -0.2) is 0 Å². The minimum atomic E-state index is -0.653. The largest absolute Gasteiger partial charge is 0.481 e. The second-order valence-electron chi connectivity index (χ2n) is 6.11. The van der Waals surface area contributed by atoms with E-state index in [-0.39, 0.29) is 0 Å². The first-order valence-corrected chi connectivity index (χ1v) is 7.14. The Morgan fingerprint density at radius 3 is 2.74 bits per heavy atom. The van der Waals surface area contributed by atoms with Gasteiger partial charge >= 0.3 is 5.97 Å². The summed E-state index contributed by atoms with van der Waals surface area (Å²) in [4.78, 5) is 13.9. The van der Waals surface area contributed by atoms with Crippen LogP contribution in [0.15, 0.2) is 24.3 Å². The van der Waals surface area contributed by atoms with Crippen LogP contribution in [0.4, 0.5) is 0 Å². The lowest BCUT2D eigenvalue weighted by Crippen LogP contribution is -2.42. The summed E-state index contributed by atoms with van der Waals surface area (Å²) in [5.74, 6) is -0.0877. The molecule has 2 aliphatic rings. The van der Waals surface area contributed by atoms with Crippen LogP contribution < -0.4 is 0 Å². The number of rotatable bonds is 3. The monoisotopic (exact) mass is 259 g/mol. The Labute approximate surface area is 114 Å². The summed E-state index contributed by atoms with van der Waals surface area (Å²) in [6, 6.07) is 8.33. The molecule has 3 nitrogen and oxygen atoms in total. The van der Waals surface area contributed by atoms with E-state index in [0.717, 1.165) is 37.9 Å². The summed E-state index contributed by atoms with van der Waals surface area (Å²) in [6.45, 7) is 2.22. The minimum Gasteiger partial charge on any atom is -0.481 e. The first-order valence-electron chi connectivity index (χ1n) is 7.14. The van der Waals surface area contributed by atoms with E-state index < -0.39 is 11.4 Å². The topological polar surface area (TPSA) is 40.5 Å². The van der Waals surface area contributed by atoms with Gasteiger partial charge < -0.3 is 10.0 Å². The first-order chi connectivity index (χ1) is 9.12. The van der Waals surface area contributed by atoms with Crippen LogP contribution in [0, 0.1) is 0 Å². The zero-order valence-corrected chi connectivity index (χ0v) is 11.4. The van der Waals surface area contributed by atoms with Crippen molar-refractivity contribution in [3.8, 4) is 0 Å². The summed E-state index contributed by atoms with van der Waals surface area (Å²) >= 11 is 0. The van der Waals surface area contributed by atoms with Crippen LogP contribution in [-0.2, 0) is 10.2 Å². The number of hydrogen-bond donors (Lipinski definition) is 1. The third-order valence-corrected chi connectivity index (χ3v) is 4.92. The van der Waals surface area contributed by atoms with E-state index in [1.165, 1.54) is 12.0 Å². The van der Waals surface area contributed by atoms with Crippen LogP contribution >= 0.6 is 0 Å². The standard InChI is InChI=1S/C16H21NO2/c1-17-9-6-13(11-17)12-4-2-5-14(10-12)16(15(18)19)7-3-8-16/h2,4-5,10,13H,3,6-9,11H2,1H3,(H,18,19). The van der Waals surface area contributed by atoms with Crippen molar-refractivity contribution in [3.63, 3.8) is 0 Å². The number of benzene rings is 1. The fraction of sp³-hybridized carbons (Fsp3) is 0.562. The van der Waals surface area contributed by atoms with E-state index in [9.17, 15) is 9.90 Å². The van der Waals surface area contributed by atoms with Crippen LogP contribution in [0.25, 0.3) is 0 Å². The number of carboxylic acid groups (broad SMARTS) is 1. The van der Waals surface area contributed by atoms with Gasteiger partial charge in [0.15, 0.2) is 0 Å². The first kappa shape index (κ1) is 12.7. The molecule has 0 aromatic heterocycles. The van der Waals surface area contributed by atoms with Crippen LogP contribution in [-0.4, -0.2) is 36.1 Å². The molecular weight excluding hydrogens is 238 g/mol. The molecule has 3 heteroatoms. The lowest BCUT2D eigenvalue weighted by atomic mass is 9.64. The predicted molar refractivity (Wildman–Crippen MR) is 74.5 cm³/mol. The smallest absolute Gasteiger partial charge is 0.314 e. The zero-order valence-electron chi connectivity index (χ0n) is 11.4. The fourth-order valence-electron chi connectivity index (χ4n) is 3.45. The second-order valence-corrected chi connectivity index (χ2v) is 6.11. The summed E-state index contributed by atoms with van der Waals surface area (Å²) in [5, 5.41) is 9.53. The molecule has 1 saturated heterocycles. The second kappa shape index (κ2) is 4.64. The molecule has 1 saturated carbocycles. The molecule has 1 aliphatic heterocycles. The molecule has 2 fully saturated rings. The number of nitrogens with zero attached hydrogens (tertiary/aromatic N) is 1. The summed E-state index contributed by atoms with van der Waals surface area (Å²) < 4.78 is 0. The van der Waals surface area contributed by atoms with Crippen LogP contribution in [0.3, 0.4) is 0 Å².